The molecular formula is C20H38N2O5. The van der Waals surface area contributed by atoms with Gasteiger partial charge in [-0.2, -0.15) is 0 Å². The highest BCUT2D eigenvalue weighted by Gasteiger charge is 2.32. The van der Waals surface area contributed by atoms with Crippen molar-refractivity contribution in [2.75, 3.05) is 20.2 Å². The molecule has 0 fully saturated rings. The molecule has 0 bridgehead atoms. The molecule has 2 amide bonds. The fraction of sp³-hybridized carbons (Fsp3) is 0.850. The molecule has 7 nitrogen and oxygen atoms in total. The second kappa shape index (κ2) is 11.8. The Labute approximate surface area is 164 Å². The van der Waals surface area contributed by atoms with Gasteiger partial charge in [-0.1, -0.05) is 27.7 Å². The van der Waals surface area contributed by atoms with Crippen LogP contribution in [0.2, 0.25) is 0 Å². The Balaban J connectivity index is 5.57. The Kier molecular flexibility index (Phi) is 11.0. The first kappa shape index (κ1) is 25.2. The number of nitrogens with zero attached hydrogens (tertiary/aromatic N) is 2. The van der Waals surface area contributed by atoms with Gasteiger partial charge < -0.3 is 14.4 Å². The maximum Gasteiger partial charge on any atom is 0.411 e. The molecule has 0 heterocycles. The van der Waals surface area contributed by atoms with Crippen molar-refractivity contribution in [1.82, 2.24) is 9.80 Å². The number of hydrogen-bond acceptors (Lipinski definition) is 5. The summed E-state index contributed by atoms with van der Waals surface area (Å²) in [6.07, 6.45) is 2.36. The van der Waals surface area contributed by atoms with Gasteiger partial charge in [0.2, 0.25) is 5.91 Å². The number of carbonyl (C=O) groups is 3. The summed E-state index contributed by atoms with van der Waals surface area (Å²) in [6, 6.07) is -0.190. The summed E-state index contributed by atoms with van der Waals surface area (Å²) >= 11 is 0. The number of amides is 2. The minimum Gasteiger partial charge on any atom is -0.468 e. The lowest BCUT2D eigenvalue weighted by Gasteiger charge is -2.35. The SMILES string of the molecule is CCC(CC)N(CC(=O)OC)C(=O)CN(C(=O)OC(C)(C)C)C(CC)CC. The predicted molar refractivity (Wildman–Crippen MR) is 105 cm³/mol. The molecule has 7 heteroatoms. The first-order chi connectivity index (χ1) is 12.5. The summed E-state index contributed by atoms with van der Waals surface area (Å²) in [5.41, 5.74) is -0.647. The van der Waals surface area contributed by atoms with Gasteiger partial charge >= 0.3 is 12.1 Å². The Bertz CT molecular complexity index is 479. The minimum atomic E-state index is -0.647. The molecule has 158 valence electrons. The second-order valence-electron chi connectivity index (χ2n) is 7.65. The van der Waals surface area contributed by atoms with E-state index in [1.54, 1.807) is 20.8 Å². The van der Waals surface area contributed by atoms with Crippen molar-refractivity contribution in [1.29, 1.82) is 0 Å². The molecule has 0 radical (unpaired) electrons. The molecule has 0 atom stereocenters. The normalized spacial score (nSPS) is 11.5. The third-order valence-corrected chi connectivity index (χ3v) is 4.55. The van der Waals surface area contributed by atoms with Crippen LogP contribution in [0.25, 0.3) is 0 Å². The van der Waals surface area contributed by atoms with Crippen molar-refractivity contribution in [2.45, 2.75) is 91.8 Å². The third kappa shape index (κ3) is 8.63. The van der Waals surface area contributed by atoms with Crippen molar-refractivity contribution in [2.24, 2.45) is 0 Å². The topological polar surface area (TPSA) is 76.2 Å². The van der Waals surface area contributed by atoms with Gasteiger partial charge in [0.1, 0.15) is 18.7 Å². The lowest BCUT2D eigenvalue weighted by molar-refractivity contribution is -0.149. The van der Waals surface area contributed by atoms with Gasteiger partial charge in [0.05, 0.1) is 7.11 Å². The molecule has 0 aromatic heterocycles. The van der Waals surface area contributed by atoms with Gasteiger partial charge in [-0.25, -0.2) is 4.79 Å². The zero-order chi connectivity index (χ0) is 21.2. The number of carbonyl (C=O) groups excluding carboxylic acids is 3. The zero-order valence-electron chi connectivity index (χ0n) is 18.3. The van der Waals surface area contributed by atoms with Crippen LogP contribution in [0, 0.1) is 0 Å². The molecule has 0 aliphatic rings. The smallest absolute Gasteiger partial charge is 0.411 e. The van der Waals surface area contributed by atoms with E-state index in [-0.39, 0.29) is 31.1 Å². The molecule has 0 aromatic rings. The zero-order valence-corrected chi connectivity index (χ0v) is 18.3. The van der Waals surface area contributed by atoms with Crippen LogP contribution in [-0.2, 0) is 19.1 Å². The highest BCUT2D eigenvalue weighted by atomic mass is 16.6. The van der Waals surface area contributed by atoms with E-state index in [4.69, 9.17) is 9.47 Å². The van der Waals surface area contributed by atoms with Crippen LogP contribution in [0.5, 0.6) is 0 Å². The number of hydrogen-bond donors (Lipinski definition) is 0. The van der Waals surface area contributed by atoms with Gasteiger partial charge in [-0.05, 0) is 46.5 Å². The number of methoxy groups -OCH3 is 1. The summed E-state index contributed by atoms with van der Waals surface area (Å²) in [5.74, 6) is -0.742. The molecule has 0 aliphatic heterocycles. The van der Waals surface area contributed by atoms with Crippen LogP contribution in [0.4, 0.5) is 4.79 Å². The number of rotatable bonds is 10. The molecule has 0 saturated heterocycles. The summed E-state index contributed by atoms with van der Waals surface area (Å²) in [4.78, 5) is 40.5. The highest BCUT2D eigenvalue weighted by Crippen LogP contribution is 2.17. The second-order valence-corrected chi connectivity index (χ2v) is 7.65. The Hall–Kier alpha value is -1.79. The standard InChI is InChI=1S/C20H38N2O5/c1-9-15(10-2)21(14-18(24)26-8)17(23)13-22(16(11-3)12-4)19(25)27-20(5,6)7/h15-16H,9-14H2,1-8H3. The molecule has 27 heavy (non-hydrogen) atoms. The molecule has 0 saturated carbocycles. The van der Waals surface area contributed by atoms with E-state index in [0.29, 0.717) is 12.8 Å². The minimum absolute atomic E-state index is 0.0845. The van der Waals surface area contributed by atoms with E-state index in [0.717, 1.165) is 12.8 Å². The lowest BCUT2D eigenvalue weighted by atomic mass is 10.1. The largest absolute Gasteiger partial charge is 0.468 e. The van der Waals surface area contributed by atoms with Crippen LogP contribution >= 0.6 is 0 Å². The summed E-state index contributed by atoms with van der Waals surface area (Å²) in [5, 5.41) is 0. The van der Waals surface area contributed by atoms with E-state index >= 15 is 0 Å². The molecule has 0 rings (SSSR count). The van der Waals surface area contributed by atoms with Crippen molar-refractivity contribution in [3.8, 4) is 0 Å². The average Bonchev–Trinajstić information content (AvgIpc) is 2.59. The third-order valence-electron chi connectivity index (χ3n) is 4.55. The Morgan fingerprint density at radius 3 is 1.63 bits per heavy atom. The summed E-state index contributed by atoms with van der Waals surface area (Å²) in [7, 11) is 1.30. The first-order valence-corrected chi connectivity index (χ1v) is 9.90. The van der Waals surface area contributed by atoms with Crippen LogP contribution < -0.4 is 0 Å². The van der Waals surface area contributed by atoms with Gasteiger partial charge in [0.25, 0.3) is 0 Å². The number of ether oxygens (including phenoxy) is 2. The maximum absolute atomic E-state index is 13.0. The molecule has 0 aromatic carbocycles. The molecule has 0 aliphatic carbocycles. The molecular weight excluding hydrogens is 348 g/mol. The average molecular weight is 387 g/mol. The van der Waals surface area contributed by atoms with Gasteiger partial charge in [-0.15, -0.1) is 0 Å². The van der Waals surface area contributed by atoms with Crippen LogP contribution in [-0.4, -0.2) is 65.7 Å². The van der Waals surface area contributed by atoms with Crippen molar-refractivity contribution >= 4 is 18.0 Å². The monoisotopic (exact) mass is 386 g/mol. The van der Waals surface area contributed by atoms with Crippen molar-refractivity contribution in [3.63, 3.8) is 0 Å². The quantitative estimate of drug-likeness (QED) is 0.536. The van der Waals surface area contributed by atoms with Gasteiger partial charge in [0, 0.05) is 12.1 Å². The lowest BCUT2D eigenvalue weighted by Crippen LogP contribution is -2.52. The maximum atomic E-state index is 13.0. The van der Waals surface area contributed by atoms with Crippen LogP contribution in [0.3, 0.4) is 0 Å². The van der Waals surface area contributed by atoms with E-state index in [1.165, 1.54) is 16.9 Å². The first-order valence-electron chi connectivity index (χ1n) is 9.90. The molecule has 0 spiro atoms. The van der Waals surface area contributed by atoms with Crippen molar-refractivity contribution in [3.05, 3.63) is 0 Å². The van der Waals surface area contributed by atoms with Gasteiger partial charge in [-0.3, -0.25) is 14.5 Å². The van der Waals surface area contributed by atoms with Crippen LogP contribution in [0.1, 0.15) is 74.1 Å². The fourth-order valence-electron chi connectivity index (χ4n) is 2.98. The summed E-state index contributed by atoms with van der Waals surface area (Å²) < 4.78 is 10.2. The fourth-order valence-corrected chi connectivity index (χ4v) is 2.98. The van der Waals surface area contributed by atoms with E-state index in [1.807, 2.05) is 27.7 Å². The number of esters is 1. The van der Waals surface area contributed by atoms with Crippen LogP contribution in [0.15, 0.2) is 0 Å². The Morgan fingerprint density at radius 1 is 0.815 bits per heavy atom. The van der Waals surface area contributed by atoms with E-state index in [2.05, 4.69) is 0 Å². The van der Waals surface area contributed by atoms with E-state index < -0.39 is 17.7 Å². The van der Waals surface area contributed by atoms with Gasteiger partial charge in [0.15, 0.2) is 0 Å². The predicted octanol–water partition coefficient (Wildman–Crippen LogP) is 3.60. The Morgan fingerprint density at radius 2 is 1.26 bits per heavy atom. The summed E-state index contributed by atoms with van der Waals surface area (Å²) in [6.45, 7) is 13.0. The molecule has 0 unspecified atom stereocenters. The van der Waals surface area contributed by atoms with Crippen molar-refractivity contribution < 1.29 is 23.9 Å². The van der Waals surface area contributed by atoms with E-state index in [9.17, 15) is 14.4 Å². The molecule has 0 N–H and O–H groups in total. The highest BCUT2D eigenvalue weighted by molar-refractivity contribution is 5.86.